The molecule has 0 atom stereocenters. The molecule has 100 valence electrons. The minimum atomic E-state index is -0.800. The zero-order valence-electron chi connectivity index (χ0n) is 11.6. The number of hydrogen-bond donors (Lipinski definition) is 1. The molecular formula is C15H23NO2. The standard InChI is InChI=1S/C15H23NO2/c1-15(2,17)13-6-7-14(18-3)12(10-13)11-16-8-4-5-9-16/h6-7,10,17H,4-5,8-9,11H2,1-3H3. The summed E-state index contributed by atoms with van der Waals surface area (Å²) in [6.07, 6.45) is 2.57. The molecule has 3 nitrogen and oxygen atoms in total. The second kappa shape index (κ2) is 5.29. The summed E-state index contributed by atoms with van der Waals surface area (Å²) in [6, 6.07) is 5.96. The molecule has 1 aliphatic heterocycles. The van der Waals surface area contributed by atoms with Crippen molar-refractivity contribution in [1.29, 1.82) is 0 Å². The molecular weight excluding hydrogens is 226 g/mol. The van der Waals surface area contributed by atoms with Gasteiger partial charge in [0.2, 0.25) is 0 Å². The highest BCUT2D eigenvalue weighted by Crippen LogP contribution is 2.28. The lowest BCUT2D eigenvalue weighted by atomic mass is 9.96. The molecule has 3 heteroatoms. The minimum Gasteiger partial charge on any atom is -0.496 e. The molecule has 0 saturated carbocycles. The van der Waals surface area contributed by atoms with Crippen LogP contribution < -0.4 is 4.74 Å². The van der Waals surface area contributed by atoms with Crippen LogP contribution in [-0.2, 0) is 12.1 Å². The molecule has 0 bridgehead atoms. The van der Waals surface area contributed by atoms with Gasteiger partial charge in [-0.15, -0.1) is 0 Å². The molecule has 0 amide bonds. The summed E-state index contributed by atoms with van der Waals surface area (Å²) in [7, 11) is 1.70. The van der Waals surface area contributed by atoms with Crippen molar-refractivity contribution in [1.82, 2.24) is 4.90 Å². The van der Waals surface area contributed by atoms with Crippen molar-refractivity contribution in [2.45, 2.75) is 38.8 Å². The monoisotopic (exact) mass is 249 g/mol. The number of nitrogens with zero attached hydrogens (tertiary/aromatic N) is 1. The molecule has 1 aromatic rings. The fourth-order valence-electron chi connectivity index (χ4n) is 2.46. The molecule has 0 unspecified atom stereocenters. The van der Waals surface area contributed by atoms with E-state index in [2.05, 4.69) is 11.0 Å². The molecule has 1 saturated heterocycles. The Morgan fingerprint density at radius 3 is 2.50 bits per heavy atom. The first-order valence-corrected chi connectivity index (χ1v) is 6.63. The molecule has 1 aromatic carbocycles. The van der Waals surface area contributed by atoms with Crippen LogP contribution in [0.4, 0.5) is 0 Å². The predicted octanol–water partition coefficient (Wildman–Crippen LogP) is 2.52. The first-order valence-electron chi connectivity index (χ1n) is 6.63. The molecule has 2 rings (SSSR count). The first kappa shape index (κ1) is 13.4. The van der Waals surface area contributed by atoms with Gasteiger partial charge in [0.1, 0.15) is 5.75 Å². The summed E-state index contributed by atoms with van der Waals surface area (Å²) in [5, 5.41) is 10.1. The van der Waals surface area contributed by atoms with Gasteiger partial charge in [-0.2, -0.15) is 0 Å². The van der Waals surface area contributed by atoms with Crippen LogP contribution >= 0.6 is 0 Å². The summed E-state index contributed by atoms with van der Waals surface area (Å²) in [4.78, 5) is 2.44. The Hall–Kier alpha value is -1.06. The van der Waals surface area contributed by atoms with Crippen molar-refractivity contribution < 1.29 is 9.84 Å². The number of rotatable bonds is 4. The Labute approximate surface area is 109 Å². The molecule has 0 aromatic heterocycles. The van der Waals surface area contributed by atoms with E-state index in [1.807, 2.05) is 26.0 Å². The maximum atomic E-state index is 10.1. The molecule has 0 aliphatic carbocycles. The highest BCUT2D eigenvalue weighted by atomic mass is 16.5. The fraction of sp³-hybridized carbons (Fsp3) is 0.600. The summed E-state index contributed by atoms with van der Waals surface area (Å²) in [5.74, 6) is 0.912. The average Bonchev–Trinajstić information content (AvgIpc) is 2.80. The van der Waals surface area contributed by atoms with Gasteiger partial charge in [0.25, 0.3) is 0 Å². The maximum Gasteiger partial charge on any atom is 0.123 e. The van der Waals surface area contributed by atoms with E-state index in [0.717, 1.165) is 30.9 Å². The van der Waals surface area contributed by atoms with E-state index in [1.54, 1.807) is 7.11 Å². The van der Waals surface area contributed by atoms with Crippen LogP contribution in [0.3, 0.4) is 0 Å². The highest BCUT2D eigenvalue weighted by Gasteiger charge is 2.19. The molecule has 1 heterocycles. The fourth-order valence-corrected chi connectivity index (χ4v) is 2.46. The predicted molar refractivity (Wildman–Crippen MR) is 72.7 cm³/mol. The summed E-state index contributed by atoms with van der Waals surface area (Å²) in [5.41, 5.74) is 1.31. The maximum absolute atomic E-state index is 10.1. The van der Waals surface area contributed by atoms with Crippen LogP contribution in [0.2, 0.25) is 0 Å². The SMILES string of the molecule is COc1ccc(C(C)(C)O)cc1CN1CCCC1. The van der Waals surface area contributed by atoms with Gasteiger partial charge in [-0.25, -0.2) is 0 Å². The lowest BCUT2D eigenvalue weighted by Gasteiger charge is -2.22. The summed E-state index contributed by atoms with van der Waals surface area (Å²) < 4.78 is 5.41. The van der Waals surface area contributed by atoms with Gasteiger partial charge in [-0.1, -0.05) is 6.07 Å². The molecule has 0 radical (unpaired) electrons. The minimum absolute atomic E-state index is 0.800. The van der Waals surface area contributed by atoms with Crippen LogP contribution in [0.15, 0.2) is 18.2 Å². The second-order valence-corrected chi connectivity index (χ2v) is 5.57. The molecule has 0 spiro atoms. The average molecular weight is 249 g/mol. The molecule has 1 N–H and O–H groups in total. The lowest BCUT2D eigenvalue weighted by molar-refractivity contribution is 0.0784. The third-order valence-corrected chi connectivity index (χ3v) is 3.58. The van der Waals surface area contributed by atoms with Gasteiger partial charge in [-0.05, 0) is 57.5 Å². The van der Waals surface area contributed by atoms with Crippen LogP contribution in [0, 0.1) is 0 Å². The number of aliphatic hydroxyl groups is 1. The summed E-state index contributed by atoms with van der Waals surface area (Å²) >= 11 is 0. The molecule has 18 heavy (non-hydrogen) atoms. The van der Waals surface area contributed by atoms with Crippen LogP contribution in [0.5, 0.6) is 5.75 Å². The number of methoxy groups -OCH3 is 1. The lowest BCUT2D eigenvalue weighted by Crippen LogP contribution is -2.20. The van der Waals surface area contributed by atoms with E-state index in [-0.39, 0.29) is 0 Å². The van der Waals surface area contributed by atoms with Crippen LogP contribution in [0.1, 0.15) is 37.8 Å². The first-order chi connectivity index (χ1) is 8.50. The van der Waals surface area contributed by atoms with Gasteiger partial charge >= 0.3 is 0 Å². The van der Waals surface area contributed by atoms with E-state index in [9.17, 15) is 5.11 Å². The Morgan fingerprint density at radius 1 is 1.28 bits per heavy atom. The van der Waals surface area contributed by atoms with Crippen LogP contribution in [0.25, 0.3) is 0 Å². The second-order valence-electron chi connectivity index (χ2n) is 5.57. The van der Waals surface area contributed by atoms with E-state index in [4.69, 9.17) is 4.74 Å². The number of likely N-dealkylation sites (tertiary alicyclic amines) is 1. The smallest absolute Gasteiger partial charge is 0.123 e. The van der Waals surface area contributed by atoms with Crippen molar-refractivity contribution >= 4 is 0 Å². The molecule has 1 aliphatic rings. The highest BCUT2D eigenvalue weighted by molar-refractivity contribution is 5.39. The normalized spacial score (nSPS) is 17.1. The third kappa shape index (κ3) is 3.03. The Balaban J connectivity index is 2.24. The van der Waals surface area contributed by atoms with E-state index in [0.29, 0.717) is 0 Å². The van der Waals surface area contributed by atoms with Gasteiger partial charge < -0.3 is 9.84 Å². The van der Waals surface area contributed by atoms with Crippen molar-refractivity contribution in [2.75, 3.05) is 20.2 Å². The van der Waals surface area contributed by atoms with Crippen molar-refractivity contribution in [3.63, 3.8) is 0 Å². The van der Waals surface area contributed by atoms with Gasteiger partial charge in [0.15, 0.2) is 0 Å². The van der Waals surface area contributed by atoms with Crippen molar-refractivity contribution in [3.8, 4) is 5.75 Å². The number of hydrogen-bond acceptors (Lipinski definition) is 3. The number of benzene rings is 1. The van der Waals surface area contributed by atoms with E-state index in [1.165, 1.54) is 18.4 Å². The quantitative estimate of drug-likeness (QED) is 0.890. The van der Waals surface area contributed by atoms with E-state index >= 15 is 0 Å². The summed E-state index contributed by atoms with van der Waals surface area (Å²) in [6.45, 7) is 6.86. The Bertz CT molecular complexity index is 403. The largest absolute Gasteiger partial charge is 0.496 e. The van der Waals surface area contributed by atoms with Gasteiger partial charge in [0.05, 0.1) is 12.7 Å². The van der Waals surface area contributed by atoms with Crippen molar-refractivity contribution in [3.05, 3.63) is 29.3 Å². The topological polar surface area (TPSA) is 32.7 Å². The van der Waals surface area contributed by atoms with Gasteiger partial charge in [0, 0.05) is 12.1 Å². The number of ether oxygens (including phenoxy) is 1. The van der Waals surface area contributed by atoms with Crippen LogP contribution in [-0.4, -0.2) is 30.2 Å². The zero-order valence-corrected chi connectivity index (χ0v) is 11.6. The van der Waals surface area contributed by atoms with E-state index < -0.39 is 5.60 Å². The Kier molecular flexibility index (Phi) is 3.93. The molecule has 1 fully saturated rings. The Morgan fingerprint density at radius 2 is 1.94 bits per heavy atom. The third-order valence-electron chi connectivity index (χ3n) is 3.58. The zero-order chi connectivity index (χ0) is 13.2. The van der Waals surface area contributed by atoms with Crippen molar-refractivity contribution in [2.24, 2.45) is 0 Å². The van der Waals surface area contributed by atoms with Gasteiger partial charge in [-0.3, -0.25) is 4.90 Å².